The molecule has 0 saturated heterocycles. The van der Waals surface area contributed by atoms with E-state index in [0.29, 0.717) is 6.42 Å². The van der Waals surface area contributed by atoms with E-state index >= 15 is 0 Å². The normalized spacial score (nSPS) is 10.3. The number of methoxy groups -OCH3 is 1. The van der Waals surface area contributed by atoms with Gasteiger partial charge >= 0.3 is 0 Å². The Labute approximate surface area is 151 Å². The average Bonchev–Trinajstić information content (AvgIpc) is 3.14. The number of hydrogen-bond acceptors (Lipinski definition) is 4. The van der Waals surface area contributed by atoms with Crippen molar-refractivity contribution in [1.82, 2.24) is 0 Å². The highest BCUT2D eigenvalue weighted by molar-refractivity contribution is 7.10. The molecule has 0 spiro atoms. The van der Waals surface area contributed by atoms with Gasteiger partial charge in [-0.1, -0.05) is 18.2 Å². The molecule has 3 rings (SSSR count). The molecule has 5 heteroatoms. The van der Waals surface area contributed by atoms with Crippen LogP contribution < -0.4 is 15.4 Å². The fourth-order valence-corrected chi connectivity index (χ4v) is 3.10. The summed E-state index contributed by atoms with van der Waals surface area (Å²) in [4.78, 5) is 13.1. The number of carbonyl (C=O) groups is 1. The van der Waals surface area contributed by atoms with Crippen molar-refractivity contribution >= 4 is 28.6 Å². The maximum absolute atomic E-state index is 12.0. The molecule has 0 aliphatic carbocycles. The minimum atomic E-state index is 0.00129. The molecule has 2 N–H and O–H groups in total. The fourth-order valence-electron chi connectivity index (χ4n) is 2.40. The van der Waals surface area contributed by atoms with Crippen LogP contribution in [0, 0.1) is 0 Å². The van der Waals surface area contributed by atoms with Crippen molar-refractivity contribution in [2.75, 3.05) is 17.7 Å². The number of hydrogen-bond donors (Lipinski definition) is 2. The van der Waals surface area contributed by atoms with Gasteiger partial charge in [0, 0.05) is 22.8 Å². The largest absolute Gasteiger partial charge is 0.497 e. The first-order valence-electron chi connectivity index (χ1n) is 8.02. The zero-order chi connectivity index (χ0) is 17.5. The lowest BCUT2D eigenvalue weighted by Crippen LogP contribution is -2.13. The summed E-state index contributed by atoms with van der Waals surface area (Å²) < 4.78 is 5.16. The molecule has 128 valence electrons. The summed E-state index contributed by atoms with van der Waals surface area (Å²) in [6.07, 6.45) is 0.412. The number of thiophene rings is 1. The van der Waals surface area contributed by atoms with Gasteiger partial charge in [0.05, 0.1) is 13.5 Å². The molecular formula is C20H20N2O2S. The summed E-state index contributed by atoms with van der Waals surface area (Å²) in [7, 11) is 1.66. The van der Waals surface area contributed by atoms with Crippen LogP contribution in [0.4, 0.5) is 11.4 Å². The van der Waals surface area contributed by atoms with Crippen LogP contribution in [0.15, 0.2) is 66.0 Å². The molecule has 1 heterocycles. The van der Waals surface area contributed by atoms with E-state index in [2.05, 4.69) is 10.6 Å². The molecule has 3 aromatic rings. The molecule has 0 bridgehead atoms. The Kier molecular flexibility index (Phi) is 5.69. The van der Waals surface area contributed by atoms with E-state index in [4.69, 9.17) is 4.74 Å². The van der Waals surface area contributed by atoms with Crippen LogP contribution in [-0.2, 0) is 17.8 Å². The molecule has 0 saturated carbocycles. The quantitative estimate of drug-likeness (QED) is 0.656. The highest BCUT2D eigenvalue weighted by Gasteiger charge is 2.05. The minimum Gasteiger partial charge on any atom is -0.497 e. The maximum Gasteiger partial charge on any atom is 0.229 e. The van der Waals surface area contributed by atoms with Gasteiger partial charge < -0.3 is 15.4 Å². The van der Waals surface area contributed by atoms with Crippen LogP contribution in [0.2, 0.25) is 0 Å². The van der Waals surface area contributed by atoms with E-state index in [1.807, 2.05) is 66.0 Å². The number of ether oxygens (including phenoxy) is 1. The highest BCUT2D eigenvalue weighted by atomic mass is 32.1. The highest BCUT2D eigenvalue weighted by Crippen LogP contribution is 2.17. The third-order valence-electron chi connectivity index (χ3n) is 3.74. The van der Waals surface area contributed by atoms with Gasteiger partial charge in [0.2, 0.25) is 5.91 Å². The Morgan fingerprint density at radius 1 is 1.00 bits per heavy atom. The number of rotatable bonds is 7. The lowest BCUT2D eigenvalue weighted by atomic mass is 10.2. The molecule has 25 heavy (non-hydrogen) atoms. The zero-order valence-electron chi connectivity index (χ0n) is 14.0. The van der Waals surface area contributed by atoms with Crippen molar-refractivity contribution in [2.24, 2.45) is 0 Å². The molecule has 0 radical (unpaired) electrons. The number of anilines is 2. The van der Waals surface area contributed by atoms with Crippen LogP contribution in [0.3, 0.4) is 0 Å². The summed E-state index contributed by atoms with van der Waals surface area (Å²) >= 11 is 1.59. The smallest absolute Gasteiger partial charge is 0.229 e. The molecule has 0 unspecified atom stereocenters. The Morgan fingerprint density at radius 3 is 2.36 bits per heavy atom. The van der Waals surface area contributed by atoms with Crippen molar-refractivity contribution in [3.8, 4) is 5.75 Å². The molecular weight excluding hydrogens is 332 g/mol. The van der Waals surface area contributed by atoms with Crippen molar-refractivity contribution in [3.05, 3.63) is 76.5 Å². The molecule has 2 aromatic carbocycles. The van der Waals surface area contributed by atoms with Gasteiger partial charge in [-0.3, -0.25) is 4.79 Å². The second kappa shape index (κ2) is 8.35. The minimum absolute atomic E-state index is 0.00129. The lowest BCUT2D eigenvalue weighted by Gasteiger charge is -2.09. The first-order chi connectivity index (χ1) is 12.2. The first-order valence-corrected chi connectivity index (χ1v) is 8.90. The van der Waals surface area contributed by atoms with E-state index in [1.54, 1.807) is 18.4 Å². The molecule has 1 amide bonds. The van der Waals surface area contributed by atoms with Gasteiger partial charge in [-0.2, -0.15) is 0 Å². The predicted molar refractivity (Wildman–Crippen MR) is 103 cm³/mol. The van der Waals surface area contributed by atoms with Crippen LogP contribution in [0.25, 0.3) is 0 Å². The van der Waals surface area contributed by atoms with E-state index < -0.39 is 0 Å². The molecule has 0 atom stereocenters. The van der Waals surface area contributed by atoms with Gasteiger partial charge in [-0.25, -0.2) is 0 Å². The zero-order valence-corrected chi connectivity index (χ0v) is 14.8. The molecule has 0 fully saturated rings. The second-order valence-corrected chi connectivity index (χ2v) is 6.62. The Bertz CT molecular complexity index is 797. The Hall–Kier alpha value is -2.79. The summed E-state index contributed by atoms with van der Waals surface area (Å²) in [6.45, 7) is 0.730. The molecule has 1 aromatic heterocycles. The van der Waals surface area contributed by atoms with Gasteiger partial charge in [-0.15, -0.1) is 11.3 Å². The van der Waals surface area contributed by atoms with E-state index in [9.17, 15) is 4.79 Å². The van der Waals surface area contributed by atoms with E-state index in [1.165, 1.54) is 5.56 Å². The molecule has 0 aliphatic heterocycles. The molecule has 4 nitrogen and oxygen atoms in total. The van der Waals surface area contributed by atoms with Crippen molar-refractivity contribution in [2.45, 2.75) is 13.0 Å². The third kappa shape index (κ3) is 5.09. The van der Waals surface area contributed by atoms with Crippen LogP contribution in [-0.4, -0.2) is 13.0 Å². The summed E-state index contributed by atoms with van der Waals surface area (Å²) in [5, 5.41) is 8.26. The average molecular weight is 352 g/mol. The topological polar surface area (TPSA) is 50.4 Å². The first kappa shape index (κ1) is 17.0. The number of benzene rings is 2. The van der Waals surface area contributed by atoms with Crippen LogP contribution >= 0.6 is 11.3 Å². The third-order valence-corrected chi connectivity index (χ3v) is 4.62. The number of amides is 1. The number of carbonyl (C=O) groups excluding carboxylic acids is 1. The van der Waals surface area contributed by atoms with Crippen LogP contribution in [0.5, 0.6) is 5.75 Å². The monoisotopic (exact) mass is 352 g/mol. The van der Waals surface area contributed by atoms with Crippen LogP contribution in [0.1, 0.15) is 10.4 Å². The van der Waals surface area contributed by atoms with Gasteiger partial charge in [0.1, 0.15) is 5.75 Å². The fraction of sp³-hybridized carbons (Fsp3) is 0.150. The summed E-state index contributed by atoms with van der Waals surface area (Å²) in [5.41, 5.74) is 2.98. The van der Waals surface area contributed by atoms with Gasteiger partial charge in [-0.05, 0) is 53.4 Å². The van der Waals surface area contributed by atoms with Crippen molar-refractivity contribution in [3.63, 3.8) is 0 Å². The lowest BCUT2D eigenvalue weighted by molar-refractivity contribution is -0.115. The van der Waals surface area contributed by atoms with Crippen molar-refractivity contribution < 1.29 is 9.53 Å². The Balaban J connectivity index is 1.50. The Morgan fingerprint density at radius 2 is 1.72 bits per heavy atom. The van der Waals surface area contributed by atoms with Gasteiger partial charge in [0.25, 0.3) is 0 Å². The van der Waals surface area contributed by atoms with E-state index in [0.717, 1.165) is 28.5 Å². The molecule has 0 aliphatic rings. The predicted octanol–water partition coefficient (Wildman–Crippen LogP) is 4.55. The number of nitrogens with one attached hydrogen (secondary N) is 2. The summed E-state index contributed by atoms with van der Waals surface area (Å²) in [5.74, 6) is 0.854. The van der Waals surface area contributed by atoms with Gasteiger partial charge in [0.15, 0.2) is 0 Å². The second-order valence-electron chi connectivity index (χ2n) is 5.58. The summed E-state index contributed by atoms with van der Waals surface area (Å²) in [6, 6.07) is 19.6. The standard InChI is InChI=1S/C20H20N2O2S/c1-24-18-10-4-15(5-11-18)14-21-16-6-8-17(9-7-16)22-20(23)13-19-3-2-12-25-19/h2-12,21H,13-14H2,1H3,(H,22,23). The SMILES string of the molecule is COc1ccc(CNc2ccc(NC(=O)Cc3cccs3)cc2)cc1. The maximum atomic E-state index is 12.0. The van der Waals surface area contributed by atoms with E-state index in [-0.39, 0.29) is 5.91 Å². The van der Waals surface area contributed by atoms with Crippen molar-refractivity contribution in [1.29, 1.82) is 0 Å².